The lowest BCUT2D eigenvalue weighted by molar-refractivity contribution is -0.123. The first kappa shape index (κ1) is 16.4. The van der Waals surface area contributed by atoms with E-state index >= 15 is 0 Å². The fraction of sp³-hybridized carbons (Fsp3) is 0.562. The Balaban J connectivity index is 1.88. The number of carbonyl (C=O) groups excluding carboxylic acids is 1. The van der Waals surface area contributed by atoms with Gasteiger partial charge in [-0.25, -0.2) is 8.42 Å². The Morgan fingerprint density at radius 2 is 2.00 bits per heavy atom. The number of fused-ring (bicyclic) bond motifs is 1. The Hall–Kier alpha value is -1.44. The largest absolute Gasteiger partial charge is 0.315 e. The number of nitrogens with zero attached hydrogens (tertiary/aromatic N) is 2. The van der Waals surface area contributed by atoms with Crippen LogP contribution in [0.2, 0.25) is 0 Å². The topological polar surface area (TPSA) is 69.7 Å². The first-order valence-electron chi connectivity index (χ1n) is 8.14. The molecule has 1 fully saturated rings. The van der Waals surface area contributed by atoms with E-state index < -0.39 is 10.0 Å². The van der Waals surface area contributed by atoms with E-state index in [1.54, 1.807) is 23.1 Å². The van der Waals surface area contributed by atoms with Gasteiger partial charge in [0.1, 0.15) is 0 Å². The van der Waals surface area contributed by atoms with Crippen molar-refractivity contribution in [2.75, 3.05) is 37.6 Å². The van der Waals surface area contributed by atoms with Crippen molar-refractivity contribution in [1.29, 1.82) is 0 Å². The molecule has 23 heavy (non-hydrogen) atoms. The van der Waals surface area contributed by atoms with E-state index in [9.17, 15) is 13.2 Å². The van der Waals surface area contributed by atoms with Gasteiger partial charge >= 0.3 is 0 Å². The number of sulfonamides is 1. The van der Waals surface area contributed by atoms with Gasteiger partial charge in [-0.05, 0) is 30.2 Å². The van der Waals surface area contributed by atoms with Gasteiger partial charge < -0.3 is 10.2 Å². The van der Waals surface area contributed by atoms with Crippen molar-refractivity contribution in [3.05, 3.63) is 23.8 Å². The van der Waals surface area contributed by atoms with Gasteiger partial charge in [0, 0.05) is 38.4 Å². The predicted octanol–water partition coefficient (Wildman–Crippen LogP) is 0.826. The third kappa shape index (κ3) is 2.77. The van der Waals surface area contributed by atoms with E-state index in [0.717, 1.165) is 24.3 Å². The summed E-state index contributed by atoms with van der Waals surface area (Å²) in [5, 5.41) is 3.11. The van der Waals surface area contributed by atoms with Crippen LogP contribution < -0.4 is 10.2 Å². The minimum atomic E-state index is -3.45. The van der Waals surface area contributed by atoms with Crippen LogP contribution in [0.25, 0.3) is 0 Å². The summed E-state index contributed by atoms with van der Waals surface area (Å²) in [4.78, 5) is 14.6. The number of benzene rings is 1. The molecule has 1 aromatic carbocycles. The number of carbonyl (C=O) groups is 1. The highest BCUT2D eigenvalue weighted by atomic mass is 32.2. The van der Waals surface area contributed by atoms with Gasteiger partial charge in [-0.3, -0.25) is 4.79 Å². The normalized spacial score (nSPS) is 18.1. The highest BCUT2D eigenvalue weighted by Gasteiger charge is 2.34. The number of amides is 1. The number of rotatable bonds is 5. The summed E-state index contributed by atoms with van der Waals surface area (Å²) in [7, 11) is -3.45. The van der Waals surface area contributed by atoms with Crippen LogP contribution in [0.5, 0.6) is 0 Å². The van der Waals surface area contributed by atoms with Gasteiger partial charge in [0.15, 0.2) is 0 Å². The minimum Gasteiger partial charge on any atom is -0.315 e. The van der Waals surface area contributed by atoms with Crippen molar-refractivity contribution in [2.45, 2.75) is 25.2 Å². The van der Waals surface area contributed by atoms with Gasteiger partial charge in [0.25, 0.3) is 0 Å². The molecule has 3 rings (SSSR count). The van der Waals surface area contributed by atoms with Crippen molar-refractivity contribution >= 4 is 21.6 Å². The third-order valence-electron chi connectivity index (χ3n) is 4.69. The monoisotopic (exact) mass is 337 g/mol. The molecule has 0 saturated carbocycles. The second kappa shape index (κ2) is 6.22. The van der Waals surface area contributed by atoms with Crippen LogP contribution in [0.15, 0.2) is 23.1 Å². The Morgan fingerprint density at radius 1 is 1.30 bits per heavy atom. The molecule has 0 atom stereocenters. The van der Waals surface area contributed by atoms with E-state index in [1.165, 1.54) is 4.31 Å². The smallest absolute Gasteiger partial charge is 0.243 e. The predicted molar refractivity (Wildman–Crippen MR) is 89.0 cm³/mol. The Bertz CT molecular complexity index is 709. The van der Waals surface area contributed by atoms with Crippen LogP contribution in [0.3, 0.4) is 0 Å². The molecule has 0 unspecified atom stereocenters. The first-order valence-corrected chi connectivity index (χ1v) is 9.58. The summed E-state index contributed by atoms with van der Waals surface area (Å²) in [6, 6.07) is 5.13. The van der Waals surface area contributed by atoms with Crippen LogP contribution in [0.1, 0.15) is 19.4 Å². The molecule has 1 aromatic rings. The van der Waals surface area contributed by atoms with E-state index in [-0.39, 0.29) is 11.8 Å². The summed E-state index contributed by atoms with van der Waals surface area (Å²) in [5.41, 5.74) is 1.80. The number of nitrogens with one attached hydrogen (secondary N) is 1. The van der Waals surface area contributed by atoms with Crippen LogP contribution in [-0.4, -0.2) is 51.4 Å². The maximum absolute atomic E-state index is 12.6. The SMILES string of the molecule is CCN(CC)S(=O)(=O)c1ccc2c(c1)CCN2C(=O)C1CNC1. The molecular formula is C16H23N3O3S. The maximum atomic E-state index is 12.6. The lowest BCUT2D eigenvalue weighted by Gasteiger charge is -2.30. The molecule has 0 aromatic heterocycles. The average Bonchev–Trinajstić information content (AvgIpc) is 2.89. The number of anilines is 1. The minimum absolute atomic E-state index is 0.0556. The lowest BCUT2D eigenvalue weighted by Crippen LogP contribution is -2.51. The maximum Gasteiger partial charge on any atom is 0.243 e. The summed E-state index contributed by atoms with van der Waals surface area (Å²) in [6.07, 6.45) is 0.711. The standard InChI is InChI=1S/C16H23N3O3S/c1-3-18(4-2)23(21,22)14-5-6-15-12(9-14)7-8-19(15)16(20)13-10-17-11-13/h5-6,9,13,17H,3-4,7-8,10-11H2,1-2H3. The summed E-state index contributed by atoms with van der Waals surface area (Å²) < 4.78 is 26.7. The van der Waals surface area contributed by atoms with E-state index in [1.807, 2.05) is 13.8 Å². The van der Waals surface area contributed by atoms with Crippen LogP contribution in [0.4, 0.5) is 5.69 Å². The zero-order valence-electron chi connectivity index (χ0n) is 13.6. The van der Waals surface area contributed by atoms with Gasteiger partial charge in [-0.15, -0.1) is 0 Å². The van der Waals surface area contributed by atoms with Gasteiger partial charge in [-0.1, -0.05) is 13.8 Å². The molecule has 7 heteroatoms. The summed E-state index contributed by atoms with van der Waals surface area (Å²) in [5.74, 6) is 0.196. The molecule has 2 heterocycles. The second-order valence-corrected chi connectivity index (χ2v) is 7.91. The highest BCUT2D eigenvalue weighted by molar-refractivity contribution is 7.89. The molecule has 0 bridgehead atoms. The van der Waals surface area contributed by atoms with Crippen molar-refractivity contribution < 1.29 is 13.2 Å². The fourth-order valence-electron chi connectivity index (χ4n) is 3.16. The zero-order chi connectivity index (χ0) is 16.6. The van der Waals surface area contributed by atoms with Gasteiger partial charge in [-0.2, -0.15) is 4.31 Å². The summed E-state index contributed by atoms with van der Waals surface area (Å²) in [6.45, 7) is 6.69. The van der Waals surface area contributed by atoms with Crippen molar-refractivity contribution in [3.8, 4) is 0 Å². The molecular weight excluding hydrogens is 314 g/mol. The highest BCUT2D eigenvalue weighted by Crippen LogP contribution is 2.32. The number of hydrogen-bond acceptors (Lipinski definition) is 4. The second-order valence-electron chi connectivity index (χ2n) is 5.97. The number of hydrogen-bond donors (Lipinski definition) is 1. The molecule has 1 N–H and O–H groups in total. The molecule has 2 aliphatic rings. The first-order chi connectivity index (χ1) is 11.0. The Labute approximate surface area is 137 Å². The van der Waals surface area contributed by atoms with E-state index in [2.05, 4.69) is 5.32 Å². The van der Waals surface area contributed by atoms with Crippen molar-refractivity contribution in [3.63, 3.8) is 0 Å². The van der Waals surface area contributed by atoms with Gasteiger partial charge in [0.05, 0.1) is 10.8 Å². The molecule has 0 radical (unpaired) electrons. The van der Waals surface area contributed by atoms with Crippen LogP contribution in [0, 0.1) is 5.92 Å². The van der Waals surface area contributed by atoms with Crippen molar-refractivity contribution in [1.82, 2.24) is 9.62 Å². The molecule has 126 valence electrons. The van der Waals surface area contributed by atoms with Crippen LogP contribution >= 0.6 is 0 Å². The molecule has 1 amide bonds. The summed E-state index contributed by atoms with van der Waals surface area (Å²) >= 11 is 0. The van der Waals surface area contributed by atoms with Crippen LogP contribution in [-0.2, 0) is 21.2 Å². The Morgan fingerprint density at radius 3 is 2.57 bits per heavy atom. The van der Waals surface area contributed by atoms with Gasteiger partial charge in [0.2, 0.25) is 15.9 Å². The fourth-order valence-corrected chi connectivity index (χ4v) is 4.67. The van der Waals surface area contributed by atoms with Crippen molar-refractivity contribution in [2.24, 2.45) is 5.92 Å². The molecule has 0 aliphatic carbocycles. The third-order valence-corrected chi connectivity index (χ3v) is 6.73. The molecule has 2 aliphatic heterocycles. The molecule has 6 nitrogen and oxygen atoms in total. The molecule has 1 saturated heterocycles. The Kier molecular flexibility index (Phi) is 4.44. The van der Waals surface area contributed by atoms with E-state index in [0.29, 0.717) is 31.0 Å². The quantitative estimate of drug-likeness (QED) is 0.864. The zero-order valence-corrected chi connectivity index (χ0v) is 14.4. The van der Waals surface area contributed by atoms with E-state index in [4.69, 9.17) is 0 Å². The molecule has 0 spiro atoms. The lowest BCUT2D eigenvalue weighted by atomic mass is 10.0. The average molecular weight is 337 g/mol.